The maximum Gasteiger partial charge on any atom is 0.418 e. The van der Waals surface area contributed by atoms with Crippen molar-refractivity contribution in [3.05, 3.63) is 29.8 Å². The van der Waals surface area contributed by atoms with Gasteiger partial charge in [-0.15, -0.1) is 0 Å². The normalized spacial score (nSPS) is 26.9. The molecule has 3 atom stereocenters. The Bertz CT molecular complexity index is 799. The van der Waals surface area contributed by atoms with Gasteiger partial charge in [0.15, 0.2) is 0 Å². The van der Waals surface area contributed by atoms with Crippen LogP contribution in [-0.2, 0) is 15.8 Å². The molecule has 0 unspecified atom stereocenters. The predicted molar refractivity (Wildman–Crippen MR) is 92.2 cm³/mol. The molecule has 3 heterocycles. The van der Waals surface area contributed by atoms with E-state index in [0.717, 1.165) is 12.5 Å². The Morgan fingerprint density at radius 1 is 1.07 bits per heavy atom. The van der Waals surface area contributed by atoms with Crippen molar-refractivity contribution in [2.24, 2.45) is 0 Å². The van der Waals surface area contributed by atoms with Crippen LogP contribution in [0, 0.1) is 0 Å². The third-order valence-corrected chi connectivity index (χ3v) is 5.51. The van der Waals surface area contributed by atoms with Gasteiger partial charge in [-0.1, -0.05) is 12.1 Å². The van der Waals surface area contributed by atoms with Gasteiger partial charge in [0.1, 0.15) is 12.1 Å². The van der Waals surface area contributed by atoms with Crippen molar-refractivity contribution in [1.29, 1.82) is 0 Å². The lowest BCUT2D eigenvalue weighted by molar-refractivity contribution is -0.156. The summed E-state index contributed by atoms with van der Waals surface area (Å²) in [4.78, 5) is 40.5. The highest BCUT2D eigenvalue weighted by molar-refractivity contribution is 5.98. The molecule has 150 valence electrons. The first kappa shape index (κ1) is 18.6. The van der Waals surface area contributed by atoms with Gasteiger partial charge in [-0.2, -0.15) is 13.2 Å². The SMILES string of the molecule is O=C(Nc1ccccc1C(F)(F)F)N[C@H]1C[C@H]2C(=O)N3CCC[C@H]3C(=O)N2C1. The van der Waals surface area contributed by atoms with Crippen LogP contribution in [-0.4, -0.2) is 58.9 Å². The van der Waals surface area contributed by atoms with E-state index in [0.29, 0.717) is 13.0 Å². The molecule has 28 heavy (non-hydrogen) atoms. The summed E-state index contributed by atoms with van der Waals surface area (Å²) in [5, 5.41) is 4.81. The van der Waals surface area contributed by atoms with E-state index in [1.807, 2.05) is 0 Å². The van der Waals surface area contributed by atoms with Crippen molar-refractivity contribution in [1.82, 2.24) is 15.1 Å². The average Bonchev–Trinajstić information content (AvgIpc) is 3.27. The molecule has 4 amide bonds. The number of nitrogens with one attached hydrogen (secondary N) is 2. The summed E-state index contributed by atoms with van der Waals surface area (Å²) >= 11 is 0. The molecule has 3 aliphatic heterocycles. The van der Waals surface area contributed by atoms with Crippen LogP contribution in [0.3, 0.4) is 0 Å². The fraction of sp³-hybridized carbons (Fsp3) is 0.500. The third kappa shape index (κ3) is 3.16. The fourth-order valence-corrected chi connectivity index (χ4v) is 4.27. The molecule has 0 aliphatic carbocycles. The van der Waals surface area contributed by atoms with Crippen LogP contribution in [0.5, 0.6) is 0 Å². The minimum atomic E-state index is -4.59. The first-order valence-corrected chi connectivity index (χ1v) is 9.10. The summed E-state index contributed by atoms with van der Waals surface area (Å²) in [5.41, 5.74) is -1.30. The molecule has 0 radical (unpaired) electrons. The molecule has 3 saturated heterocycles. The second kappa shape index (κ2) is 6.68. The molecule has 3 aliphatic rings. The number of benzene rings is 1. The number of anilines is 1. The Hall–Kier alpha value is -2.78. The Balaban J connectivity index is 1.42. The molecule has 10 heteroatoms. The van der Waals surface area contributed by atoms with Crippen molar-refractivity contribution >= 4 is 23.5 Å². The minimum absolute atomic E-state index is 0.116. The summed E-state index contributed by atoms with van der Waals surface area (Å²) in [6.07, 6.45) is -2.91. The van der Waals surface area contributed by atoms with E-state index in [9.17, 15) is 27.6 Å². The number of alkyl halides is 3. The second-order valence-corrected chi connectivity index (χ2v) is 7.27. The van der Waals surface area contributed by atoms with Gasteiger partial charge >= 0.3 is 12.2 Å². The lowest BCUT2D eigenvalue weighted by atomic mass is 10.1. The van der Waals surface area contributed by atoms with Gasteiger partial charge in [-0.3, -0.25) is 9.59 Å². The molecular formula is C18H19F3N4O3. The molecule has 4 rings (SSSR count). The van der Waals surface area contributed by atoms with Crippen LogP contribution in [0.1, 0.15) is 24.8 Å². The number of hydrogen-bond acceptors (Lipinski definition) is 3. The zero-order valence-corrected chi connectivity index (χ0v) is 14.8. The molecule has 2 N–H and O–H groups in total. The van der Waals surface area contributed by atoms with Crippen LogP contribution < -0.4 is 10.6 Å². The van der Waals surface area contributed by atoms with Gasteiger partial charge in [0.05, 0.1) is 17.3 Å². The number of urea groups is 1. The number of amides is 4. The summed E-state index contributed by atoms with van der Waals surface area (Å²) in [7, 11) is 0. The molecule has 1 aromatic carbocycles. The van der Waals surface area contributed by atoms with E-state index in [4.69, 9.17) is 0 Å². The lowest BCUT2D eigenvalue weighted by Gasteiger charge is -2.38. The number of fused-ring (bicyclic) bond motifs is 2. The van der Waals surface area contributed by atoms with Crippen LogP contribution in [0.25, 0.3) is 0 Å². The van der Waals surface area contributed by atoms with Crippen molar-refractivity contribution in [3.63, 3.8) is 0 Å². The molecule has 0 spiro atoms. The van der Waals surface area contributed by atoms with E-state index in [1.54, 1.807) is 4.90 Å². The summed E-state index contributed by atoms with van der Waals surface area (Å²) in [5.74, 6) is -0.233. The summed E-state index contributed by atoms with van der Waals surface area (Å²) in [6, 6.07) is 2.34. The first-order valence-electron chi connectivity index (χ1n) is 9.10. The summed E-state index contributed by atoms with van der Waals surface area (Å²) < 4.78 is 39.1. The monoisotopic (exact) mass is 396 g/mol. The Labute approximate surface area is 158 Å². The molecule has 3 fully saturated rings. The van der Waals surface area contributed by atoms with Crippen molar-refractivity contribution in [2.75, 3.05) is 18.4 Å². The Kier molecular flexibility index (Phi) is 4.43. The van der Waals surface area contributed by atoms with Crippen molar-refractivity contribution in [2.45, 2.75) is 43.6 Å². The van der Waals surface area contributed by atoms with Gasteiger partial charge < -0.3 is 20.4 Å². The predicted octanol–water partition coefficient (Wildman–Crippen LogP) is 1.80. The van der Waals surface area contributed by atoms with E-state index in [-0.39, 0.29) is 30.5 Å². The summed E-state index contributed by atoms with van der Waals surface area (Å²) in [6.45, 7) is 0.736. The molecule has 0 saturated carbocycles. The Morgan fingerprint density at radius 2 is 1.79 bits per heavy atom. The highest BCUT2D eigenvalue weighted by Gasteiger charge is 2.51. The van der Waals surface area contributed by atoms with Crippen LogP contribution in [0.2, 0.25) is 0 Å². The maximum atomic E-state index is 13.0. The smallest absolute Gasteiger partial charge is 0.333 e. The molecule has 0 aromatic heterocycles. The van der Waals surface area contributed by atoms with Gasteiger partial charge in [0, 0.05) is 13.1 Å². The lowest BCUT2D eigenvalue weighted by Crippen LogP contribution is -2.60. The molecule has 1 aromatic rings. The van der Waals surface area contributed by atoms with Gasteiger partial charge in [-0.05, 0) is 31.4 Å². The third-order valence-electron chi connectivity index (χ3n) is 5.51. The Morgan fingerprint density at radius 3 is 2.54 bits per heavy atom. The molecular weight excluding hydrogens is 377 g/mol. The molecule has 0 bridgehead atoms. The first-order chi connectivity index (χ1) is 13.3. The minimum Gasteiger partial charge on any atom is -0.333 e. The average molecular weight is 396 g/mol. The van der Waals surface area contributed by atoms with Crippen molar-refractivity contribution in [3.8, 4) is 0 Å². The van der Waals surface area contributed by atoms with Crippen LogP contribution >= 0.6 is 0 Å². The van der Waals surface area contributed by atoms with Gasteiger partial charge in [0.25, 0.3) is 0 Å². The number of rotatable bonds is 2. The number of carbonyl (C=O) groups is 3. The number of halogens is 3. The fourth-order valence-electron chi connectivity index (χ4n) is 4.27. The number of piperazine rings is 1. The van der Waals surface area contributed by atoms with Crippen LogP contribution in [0.15, 0.2) is 24.3 Å². The quantitative estimate of drug-likeness (QED) is 0.800. The zero-order valence-electron chi connectivity index (χ0n) is 14.8. The van der Waals surface area contributed by atoms with Crippen LogP contribution in [0.4, 0.5) is 23.7 Å². The molecule has 7 nitrogen and oxygen atoms in total. The van der Waals surface area contributed by atoms with Gasteiger partial charge in [-0.25, -0.2) is 4.79 Å². The van der Waals surface area contributed by atoms with Crippen molar-refractivity contribution < 1.29 is 27.6 Å². The number of nitrogens with zero attached hydrogens (tertiary/aromatic N) is 2. The highest BCUT2D eigenvalue weighted by atomic mass is 19.4. The maximum absolute atomic E-state index is 13.0. The number of carbonyl (C=O) groups excluding carboxylic acids is 3. The zero-order chi connectivity index (χ0) is 20.1. The van der Waals surface area contributed by atoms with Gasteiger partial charge in [0.2, 0.25) is 11.8 Å². The van der Waals surface area contributed by atoms with E-state index >= 15 is 0 Å². The van der Waals surface area contributed by atoms with E-state index in [1.165, 1.54) is 23.1 Å². The van der Waals surface area contributed by atoms with E-state index in [2.05, 4.69) is 10.6 Å². The number of hydrogen-bond donors (Lipinski definition) is 2. The largest absolute Gasteiger partial charge is 0.418 e. The second-order valence-electron chi connectivity index (χ2n) is 7.27. The topological polar surface area (TPSA) is 81.8 Å². The number of para-hydroxylation sites is 1. The van der Waals surface area contributed by atoms with E-state index < -0.39 is 35.9 Å². The highest BCUT2D eigenvalue weighted by Crippen LogP contribution is 2.35. The standard InChI is InChI=1S/C18H19F3N4O3/c19-18(20,21)11-4-1-2-5-12(11)23-17(28)22-10-8-14-16(27)24-7-3-6-13(24)15(26)25(14)9-10/h1-2,4-5,10,13-14H,3,6-9H2,(H2,22,23,28)/t10-,13-,14-/m0/s1.